The number of nitrogens with zero attached hydrogens (tertiary/aromatic N) is 2. The Balaban J connectivity index is 1.50. The molecule has 6 heteroatoms. The molecule has 3 heterocycles. The molecular weight excluding hydrogens is 244 g/mol. The van der Waals surface area contributed by atoms with E-state index in [-0.39, 0.29) is 5.91 Å². The van der Waals surface area contributed by atoms with Gasteiger partial charge in [0, 0.05) is 25.2 Å². The number of rotatable bonds is 3. The summed E-state index contributed by atoms with van der Waals surface area (Å²) in [6.07, 6.45) is 2.53. The van der Waals surface area contributed by atoms with E-state index in [9.17, 15) is 4.79 Å². The molecule has 3 rings (SSSR count). The lowest BCUT2D eigenvalue weighted by atomic mass is 9.94. The quantitative estimate of drug-likeness (QED) is 0.837. The summed E-state index contributed by atoms with van der Waals surface area (Å²) in [4.78, 5) is 14.1. The van der Waals surface area contributed by atoms with Gasteiger partial charge < -0.3 is 15.2 Å². The maximum absolute atomic E-state index is 11.9. The summed E-state index contributed by atoms with van der Waals surface area (Å²) in [6, 6.07) is 2.29. The van der Waals surface area contributed by atoms with Crippen LogP contribution in [0.1, 0.15) is 18.6 Å². The van der Waals surface area contributed by atoms with E-state index in [0.29, 0.717) is 30.1 Å². The number of likely N-dealkylation sites (tertiary alicyclic amines) is 1. The Labute approximate surface area is 112 Å². The van der Waals surface area contributed by atoms with Crippen molar-refractivity contribution in [1.82, 2.24) is 15.4 Å². The van der Waals surface area contributed by atoms with Crippen molar-refractivity contribution < 1.29 is 9.32 Å². The first-order valence-corrected chi connectivity index (χ1v) is 6.89. The van der Waals surface area contributed by atoms with Crippen LogP contribution < -0.4 is 10.6 Å². The molecule has 6 nitrogen and oxygen atoms in total. The lowest BCUT2D eigenvalue weighted by Crippen LogP contribution is -2.41. The molecule has 2 fully saturated rings. The number of piperidine rings is 1. The number of hydrogen-bond donors (Lipinski definition) is 2. The van der Waals surface area contributed by atoms with Gasteiger partial charge in [-0.15, -0.1) is 0 Å². The van der Waals surface area contributed by atoms with Gasteiger partial charge in [-0.25, -0.2) is 0 Å². The normalized spacial score (nSPS) is 27.2. The number of anilines is 1. The van der Waals surface area contributed by atoms with Crippen molar-refractivity contribution in [1.29, 1.82) is 0 Å². The maximum Gasteiger partial charge on any atom is 0.239 e. The lowest BCUT2D eigenvalue weighted by Gasteiger charge is -2.24. The van der Waals surface area contributed by atoms with Crippen molar-refractivity contribution in [3.8, 4) is 0 Å². The molecule has 0 radical (unpaired) electrons. The van der Waals surface area contributed by atoms with Crippen molar-refractivity contribution in [2.24, 2.45) is 5.92 Å². The van der Waals surface area contributed by atoms with E-state index in [4.69, 9.17) is 4.52 Å². The van der Waals surface area contributed by atoms with Crippen molar-refractivity contribution in [2.75, 3.05) is 31.5 Å². The van der Waals surface area contributed by atoms with Crippen LogP contribution in [-0.2, 0) is 4.79 Å². The standard InChI is InChI=1S/C13H20N4O2/c1-9-5-12(16-19-9)15-13(18)8-17-6-10-3-2-4-14-11(10)7-17/h5,10-11,14H,2-4,6-8H2,1H3,(H,15,16,18). The molecule has 0 saturated carbocycles. The Hall–Kier alpha value is -1.40. The van der Waals surface area contributed by atoms with E-state index in [2.05, 4.69) is 20.7 Å². The Bertz CT molecular complexity index is 445. The van der Waals surface area contributed by atoms with Crippen LogP contribution >= 0.6 is 0 Å². The summed E-state index contributed by atoms with van der Waals surface area (Å²) < 4.78 is 4.92. The molecule has 1 aromatic rings. The van der Waals surface area contributed by atoms with Gasteiger partial charge in [0.1, 0.15) is 5.76 Å². The van der Waals surface area contributed by atoms with Crippen LogP contribution in [0.2, 0.25) is 0 Å². The van der Waals surface area contributed by atoms with Crippen LogP contribution in [-0.4, -0.2) is 48.2 Å². The van der Waals surface area contributed by atoms with E-state index >= 15 is 0 Å². The van der Waals surface area contributed by atoms with Crippen LogP contribution in [0.5, 0.6) is 0 Å². The molecule has 2 unspecified atom stereocenters. The van der Waals surface area contributed by atoms with Gasteiger partial charge in [0.2, 0.25) is 5.91 Å². The number of carbonyl (C=O) groups excluding carboxylic acids is 1. The van der Waals surface area contributed by atoms with Crippen molar-refractivity contribution in [3.05, 3.63) is 11.8 Å². The van der Waals surface area contributed by atoms with Gasteiger partial charge in [-0.05, 0) is 32.2 Å². The van der Waals surface area contributed by atoms with E-state index in [1.54, 1.807) is 13.0 Å². The van der Waals surface area contributed by atoms with Gasteiger partial charge in [0.05, 0.1) is 6.54 Å². The molecule has 1 amide bonds. The van der Waals surface area contributed by atoms with Crippen molar-refractivity contribution >= 4 is 11.7 Å². The fourth-order valence-electron chi connectivity index (χ4n) is 3.08. The molecule has 104 valence electrons. The highest BCUT2D eigenvalue weighted by Crippen LogP contribution is 2.24. The topological polar surface area (TPSA) is 70.4 Å². The highest BCUT2D eigenvalue weighted by Gasteiger charge is 2.34. The van der Waals surface area contributed by atoms with Gasteiger partial charge in [-0.1, -0.05) is 5.16 Å². The minimum atomic E-state index is -0.0213. The minimum absolute atomic E-state index is 0.0213. The average Bonchev–Trinajstić information content (AvgIpc) is 2.94. The zero-order valence-electron chi connectivity index (χ0n) is 11.2. The Morgan fingerprint density at radius 2 is 2.53 bits per heavy atom. The summed E-state index contributed by atoms with van der Waals surface area (Å²) in [7, 11) is 0. The average molecular weight is 264 g/mol. The molecule has 0 spiro atoms. The van der Waals surface area contributed by atoms with Gasteiger partial charge in [0.25, 0.3) is 0 Å². The van der Waals surface area contributed by atoms with Gasteiger partial charge in [0.15, 0.2) is 5.82 Å². The summed E-state index contributed by atoms with van der Waals surface area (Å²) >= 11 is 0. The maximum atomic E-state index is 11.9. The Morgan fingerprint density at radius 3 is 3.26 bits per heavy atom. The summed E-state index contributed by atoms with van der Waals surface area (Å²) in [5.74, 6) is 1.88. The van der Waals surface area contributed by atoms with Gasteiger partial charge in [-0.3, -0.25) is 9.69 Å². The molecular formula is C13H20N4O2. The zero-order valence-corrected chi connectivity index (χ0v) is 11.2. The predicted molar refractivity (Wildman–Crippen MR) is 70.8 cm³/mol. The second-order valence-corrected chi connectivity index (χ2v) is 5.53. The van der Waals surface area contributed by atoms with Crippen LogP contribution in [0.25, 0.3) is 0 Å². The van der Waals surface area contributed by atoms with Crippen molar-refractivity contribution in [2.45, 2.75) is 25.8 Å². The summed E-state index contributed by atoms with van der Waals surface area (Å²) in [5.41, 5.74) is 0. The number of aryl methyl sites for hydroxylation is 1. The van der Waals surface area contributed by atoms with E-state index < -0.39 is 0 Å². The third kappa shape index (κ3) is 2.96. The molecule has 0 aliphatic carbocycles. The third-order valence-electron chi connectivity index (χ3n) is 3.94. The van der Waals surface area contributed by atoms with E-state index in [1.165, 1.54) is 12.8 Å². The van der Waals surface area contributed by atoms with Crippen LogP contribution in [0.15, 0.2) is 10.6 Å². The molecule has 1 aromatic heterocycles. The minimum Gasteiger partial charge on any atom is -0.360 e. The van der Waals surface area contributed by atoms with Crippen molar-refractivity contribution in [3.63, 3.8) is 0 Å². The first kappa shape index (κ1) is 12.6. The molecule has 2 aliphatic rings. The third-order valence-corrected chi connectivity index (χ3v) is 3.94. The second kappa shape index (κ2) is 5.30. The molecule has 0 bridgehead atoms. The molecule has 2 saturated heterocycles. The lowest BCUT2D eigenvalue weighted by molar-refractivity contribution is -0.117. The predicted octanol–water partition coefficient (Wildman–Crippen LogP) is 0.605. The number of carbonyl (C=O) groups is 1. The first-order valence-electron chi connectivity index (χ1n) is 6.89. The number of aromatic nitrogens is 1. The SMILES string of the molecule is Cc1cc(NC(=O)CN2CC3CCCNC3C2)no1. The number of hydrogen-bond acceptors (Lipinski definition) is 5. The van der Waals surface area contributed by atoms with Crippen LogP contribution in [0, 0.1) is 12.8 Å². The second-order valence-electron chi connectivity index (χ2n) is 5.53. The molecule has 2 atom stereocenters. The van der Waals surface area contributed by atoms with E-state index in [0.717, 1.165) is 19.6 Å². The summed E-state index contributed by atoms with van der Waals surface area (Å²) in [5, 5.41) is 10.1. The Kier molecular flexibility index (Phi) is 3.52. The molecule has 2 N–H and O–H groups in total. The molecule has 19 heavy (non-hydrogen) atoms. The monoisotopic (exact) mass is 264 g/mol. The number of amides is 1. The largest absolute Gasteiger partial charge is 0.360 e. The fraction of sp³-hybridized carbons (Fsp3) is 0.692. The van der Waals surface area contributed by atoms with Gasteiger partial charge in [-0.2, -0.15) is 0 Å². The van der Waals surface area contributed by atoms with E-state index in [1.807, 2.05) is 0 Å². The number of nitrogens with one attached hydrogen (secondary N) is 2. The zero-order chi connectivity index (χ0) is 13.2. The highest BCUT2D eigenvalue weighted by molar-refractivity contribution is 5.91. The van der Waals surface area contributed by atoms with Gasteiger partial charge >= 0.3 is 0 Å². The van der Waals surface area contributed by atoms with Crippen LogP contribution in [0.3, 0.4) is 0 Å². The molecule has 2 aliphatic heterocycles. The molecule has 0 aromatic carbocycles. The number of fused-ring (bicyclic) bond motifs is 1. The smallest absolute Gasteiger partial charge is 0.239 e. The summed E-state index contributed by atoms with van der Waals surface area (Å²) in [6.45, 7) is 5.33. The fourth-order valence-corrected chi connectivity index (χ4v) is 3.08. The highest BCUT2D eigenvalue weighted by atomic mass is 16.5. The van der Waals surface area contributed by atoms with Crippen LogP contribution in [0.4, 0.5) is 5.82 Å². The Morgan fingerprint density at radius 1 is 1.63 bits per heavy atom. The first-order chi connectivity index (χ1) is 9.20.